The number of sulfonamides is 1. The van der Waals surface area contributed by atoms with Crippen LogP contribution in [0.1, 0.15) is 12.5 Å². The number of methoxy groups -OCH3 is 1. The molecule has 0 amide bonds. The van der Waals surface area contributed by atoms with Gasteiger partial charge in [-0.25, -0.2) is 13.2 Å². The minimum atomic E-state index is -3.98. The van der Waals surface area contributed by atoms with E-state index in [9.17, 15) is 18.3 Å². The van der Waals surface area contributed by atoms with Crippen LogP contribution < -0.4 is 0 Å². The highest BCUT2D eigenvalue weighted by Gasteiger charge is 2.40. The fourth-order valence-electron chi connectivity index (χ4n) is 2.81. The maximum atomic E-state index is 13.0. The average Bonchev–Trinajstić information content (AvgIpc) is 2.56. The molecule has 1 aliphatic heterocycles. The maximum Gasteiger partial charge on any atom is 0.359 e. The molecule has 0 atom stereocenters. The summed E-state index contributed by atoms with van der Waals surface area (Å²) in [6, 6.07) is 10.2. The zero-order valence-electron chi connectivity index (χ0n) is 12.6. The molecule has 2 aromatic rings. The molecule has 1 heterocycles. The van der Waals surface area contributed by atoms with Gasteiger partial charge < -0.3 is 9.84 Å². The number of rotatable bonds is 2. The van der Waals surface area contributed by atoms with Gasteiger partial charge in [0, 0.05) is 17.5 Å². The lowest BCUT2D eigenvalue weighted by Gasteiger charge is -2.30. The molecule has 0 saturated heterocycles. The summed E-state index contributed by atoms with van der Waals surface area (Å²) < 4.78 is 31.5. The van der Waals surface area contributed by atoms with Crippen LogP contribution in [0.4, 0.5) is 0 Å². The van der Waals surface area contributed by atoms with Crippen LogP contribution in [0.25, 0.3) is 16.5 Å². The molecule has 120 valence electrons. The van der Waals surface area contributed by atoms with E-state index in [2.05, 4.69) is 4.74 Å². The molecule has 0 saturated carbocycles. The third-order valence-electron chi connectivity index (χ3n) is 3.82. The van der Waals surface area contributed by atoms with E-state index in [0.717, 1.165) is 16.8 Å². The molecule has 0 unspecified atom stereocenters. The van der Waals surface area contributed by atoms with Gasteiger partial charge in [-0.2, -0.15) is 0 Å². The first-order valence-corrected chi connectivity index (χ1v) is 8.44. The van der Waals surface area contributed by atoms with E-state index in [4.69, 9.17) is 0 Å². The van der Waals surface area contributed by atoms with E-state index in [0.29, 0.717) is 5.39 Å². The van der Waals surface area contributed by atoms with Gasteiger partial charge in [0.25, 0.3) is 10.0 Å². The van der Waals surface area contributed by atoms with Gasteiger partial charge >= 0.3 is 5.97 Å². The van der Waals surface area contributed by atoms with E-state index < -0.39 is 21.8 Å². The van der Waals surface area contributed by atoms with Crippen molar-refractivity contribution in [2.45, 2.75) is 11.8 Å². The van der Waals surface area contributed by atoms with Crippen molar-refractivity contribution in [1.82, 2.24) is 4.31 Å². The highest BCUT2D eigenvalue weighted by atomic mass is 32.2. The zero-order valence-corrected chi connectivity index (χ0v) is 13.4. The highest BCUT2D eigenvalue weighted by Crippen LogP contribution is 2.39. The Balaban J connectivity index is 2.47. The number of hydrogen-bond acceptors (Lipinski definition) is 5. The summed E-state index contributed by atoms with van der Waals surface area (Å²) in [5.41, 5.74) is -0.258. The Morgan fingerprint density at radius 2 is 1.91 bits per heavy atom. The van der Waals surface area contributed by atoms with Gasteiger partial charge in [0.2, 0.25) is 0 Å². The Bertz CT molecular complexity index is 946. The predicted octanol–water partition coefficient (Wildman–Crippen LogP) is 2.26. The van der Waals surface area contributed by atoms with E-state index >= 15 is 0 Å². The van der Waals surface area contributed by atoms with E-state index in [1.165, 1.54) is 6.07 Å². The lowest BCUT2D eigenvalue weighted by atomic mass is 10.0. The SMILES string of the molecule is CCN1C(C(=O)OC)=C(O)c2ccc3ccccc3c2S1(=O)=O. The van der Waals surface area contributed by atoms with Crippen LogP contribution >= 0.6 is 0 Å². The summed E-state index contributed by atoms with van der Waals surface area (Å²) in [6.07, 6.45) is 0. The first kappa shape index (κ1) is 15.4. The summed E-state index contributed by atoms with van der Waals surface area (Å²) in [6.45, 7) is 1.59. The number of aliphatic hydroxyl groups is 1. The quantitative estimate of drug-likeness (QED) is 0.852. The van der Waals surface area contributed by atoms with Crippen molar-refractivity contribution in [2.75, 3.05) is 13.7 Å². The van der Waals surface area contributed by atoms with Gasteiger partial charge in [0.15, 0.2) is 11.5 Å². The number of ether oxygens (including phenoxy) is 1. The van der Waals surface area contributed by atoms with Gasteiger partial charge in [-0.05, 0) is 18.4 Å². The third-order valence-corrected chi connectivity index (χ3v) is 5.80. The largest absolute Gasteiger partial charge is 0.505 e. The summed E-state index contributed by atoms with van der Waals surface area (Å²) in [7, 11) is -2.84. The first-order valence-electron chi connectivity index (χ1n) is 7.00. The normalized spacial score (nSPS) is 16.3. The number of esters is 1. The Kier molecular flexibility index (Phi) is 3.52. The number of fused-ring (bicyclic) bond motifs is 3. The van der Waals surface area contributed by atoms with Crippen molar-refractivity contribution in [3.63, 3.8) is 0 Å². The first-order chi connectivity index (χ1) is 10.9. The average molecular weight is 333 g/mol. The monoisotopic (exact) mass is 333 g/mol. The van der Waals surface area contributed by atoms with Crippen LogP contribution in [0.15, 0.2) is 47.0 Å². The Hall–Kier alpha value is -2.54. The number of carbonyl (C=O) groups excluding carboxylic acids is 1. The van der Waals surface area contributed by atoms with Crippen molar-refractivity contribution in [3.8, 4) is 0 Å². The molecule has 23 heavy (non-hydrogen) atoms. The minimum Gasteiger partial charge on any atom is -0.505 e. The van der Waals surface area contributed by atoms with Crippen LogP contribution in [0, 0.1) is 0 Å². The van der Waals surface area contributed by atoms with Crippen molar-refractivity contribution >= 4 is 32.5 Å². The summed E-state index contributed by atoms with van der Waals surface area (Å²) in [5, 5.41) is 11.7. The van der Waals surface area contributed by atoms with Gasteiger partial charge in [0.1, 0.15) is 4.90 Å². The molecule has 0 bridgehead atoms. The second-order valence-electron chi connectivity index (χ2n) is 5.02. The molecule has 6 nitrogen and oxygen atoms in total. The topological polar surface area (TPSA) is 83.9 Å². The zero-order chi connectivity index (χ0) is 16.8. The van der Waals surface area contributed by atoms with Crippen molar-refractivity contribution < 1.29 is 23.1 Å². The number of aliphatic hydroxyl groups excluding tert-OH is 1. The van der Waals surface area contributed by atoms with Crippen LogP contribution in [0.2, 0.25) is 0 Å². The molecule has 0 spiro atoms. The smallest absolute Gasteiger partial charge is 0.359 e. The van der Waals surface area contributed by atoms with Gasteiger partial charge in [-0.1, -0.05) is 30.3 Å². The fraction of sp³-hybridized carbons (Fsp3) is 0.188. The Labute approximate surface area is 133 Å². The van der Waals surface area contributed by atoms with Crippen molar-refractivity contribution in [2.24, 2.45) is 0 Å². The third kappa shape index (κ3) is 2.08. The Morgan fingerprint density at radius 3 is 2.57 bits per heavy atom. The van der Waals surface area contributed by atoms with Crippen molar-refractivity contribution in [1.29, 1.82) is 0 Å². The molecule has 1 aliphatic rings. The van der Waals surface area contributed by atoms with Gasteiger partial charge in [-0.3, -0.25) is 4.31 Å². The molecule has 3 rings (SSSR count). The summed E-state index contributed by atoms with van der Waals surface area (Å²) in [5.74, 6) is -1.29. The molecule has 2 aromatic carbocycles. The molecular formula is C16H15NO5S. The molecule has 7 heteroatoms. The van der Waals surface area contributed by atoms with Crippen LogP contribution in [-0.2, 0) is 19.6 Å². The van der Waals surface area contributed by atoms with Crippen LogP contribution in [0.3, 0.4) is 0 Å². The summed E-state index contributed by atoms with van der Waals surface area (Å²) in [4.78, 5) is 12.0. The number of likely N-dealkylation sites (N-methyl/N-ethyl adjacent to an activating group) is 1. The summed E-state index contributed by atoms with van der Waals surface area (Å²) >= 11 is 0. The van der Waals surface area contributed by atoms with E-state index in [1.807, 2.05) is 0 Å². The van der Waals surface area contributed by atoms with E-state index in [-0.39, 0.29) is 22.7 Å². The molecule has 0 aromatic heterocycles. The molecular weight excluding hydrogens is 318 g/mol. The second-order valence-corrected chi connectivity index (χ2v) is 6.82. The number of hydrogen-bond donors (Lipinski definition) is 1. The highest BCUT2D eigenvalue weighted by molar-refractivity contribution is 7.89. The minimum absolute atomic E-state index is 0.000508. The second kappa shape index (κ2) is 5.27. The van der Waals surface area contributed by atoms with E-state index in [1.54, 1.807) is 37.3 Å². The number of carbonyl (C=O) groups is 1. The maximum absolute atomic E-state index is 13.0. The Morgan fingerprint density at radius 1 is 1.22 bits per heavy atom. The standard InChI is InChI=1S/C16H15NO5S/c1-3-17-13(16(19)22-2)14(18)12-9-8-10-6-4-5-7-11(10)15(12)23(17,20)21/h4-9,18H,3H2,1-2H3. The molecule has 1 N–H and O–H groups in total. The van der Waals surface area contributed by atoms with Crippen LogP contribution in [0.5, 0.6) is 0 Å². The lowest BCUT2D eigenvalue weighted by Crippen LogP contribution is -2.38. The van der Waals surface area contributed by atoms with Crippen LogP contribution in [-0.4, -0.2) is 37.5 Å². The molecule has 0 radical (unpaired) electrons. The van der Waals surface area contributed by atoms with Gasteiger partial charge in [-0.15, -0.1) is 0 Å². The number of nitrogens with zero attached hydrogens (tertiary/aromatic N) is 1. The lowest BCUT2D eigenvalue weighted by molar-refractivity contribution is -0.137. The molecule has 0 aliphatic carbocycles. The van der Waals surface area contributed by atoms with Crippen molar-refractivity contribution in [3.05, 3.63) is 47.7 Å². The fourth-order valence-corrected chi connectivity index (χ4v) is 4.67. The van der Waals surface area contributed by atoms with Gasteiger partial charge in [0.05, 0.1) is 7.11 Å². The predicted molar refractivity (Wildman–Crippen MR) is 85.1 cm³/mol. The number of benzene rings is 2. The molecule has 0 fully saturated rings.